The van der Waals surface area contributed by atoms with Crippen molar-refractivity contribution in [2.24, 2.45) is 14.1 Å². The standard InChI is InChI=1S/C28H30N8O/c1-18(2)24-21(7-5-12-29-24)25-30-15-22-27(32-25)36(28(37)34(22)4)16-19-8-10-20(11-9-19)26-31-23(17-33(26)3)35-13-6-14-35/h5,7-12,15,17-18H,6,13-14,16H2,1-4H3. The molecule has 1 aromatic carbocycles. The fourth-order valence-corrected chi connectivity index (χ4v) is 4.87. The maximum absolute atomic E-state index is 13.2. The topological polar surface area (TPSA) is 86.7 Å². The van der Waals surface area contributed by atoms with Crippen molar-refractivity contribution >= 4 is 17.0 Å². The van der Waals surface area contributed by atoms with Crippen LogP contribution in [0.1, 0.15) is 37.4 Å². The van der Waals surface area contributed by atoms with Crippen molar-refractivity contribution in [2.75, 3.05) is 18.0 Å². The van der Waals surface area contributed by atoms with Crippen LogP contribution in [0.25, 0.3) is 33.9 Å². The molecule has 0 amide bonds. The van der Waals surface area contributed by atoms with E-state index in [0.717, 1.165) is 47.1 Å². The molecule has 0 atom stereocenters. The number of aromatic nitrogens is 7. The van der Waals surface area contributed by atoms with Crippen molar-refractivity contribution in [2.45, 2.75) is 32.7 Å². The molecule has 37 heavy (non-hydrogen) atoms. The van der Waals surface area contributed by atoms with E-state index in [2.05, 4.69) is 63.7 Å². The number of imidazole rings is 2. The molecular weight excluding hydrogens is 464 g/mol. The Kier molecular flexibility index (Phi) is 5.62. The lowest BCUT2D eigenvalue weighted by molar-refractivity contribution is 0.611. The number of pyridine rings is 1. The minimum absolute atomic E-state index is 0.121. The lowest BCUT2D eigenvalue weighted by Crippen LogP contribution is -2.37. The highest BCUT2D eigenvalue weighted by molar-refractivity contribution is 5.74. The van der Waals surface area contributed by atoms with E-state index < -0.39 is 0 Å². The van der Waals surface area contributed by atoms with Crippen molar-refractivity contribution in [3.05, 3.63) is 76.7 Å². The molecule has 5 aromatic rings. The van der Waals surface area contributed by atoms with Gasteiger partial charge < -0.3 is 9.47 Å². The van der Waals surface area contributed by atoms with Gasteiger partial charge in [0.1, 0.15) is 17.2 Å². The molecule has 9 nitrogen and oxygen atoms in total. The zero-order valence-corrected chi connectivity index (χ0v) is 21.6. The number of hydrogen-bond acceptors (Lipinski definition) is 6. The summed E-state index contributed by atoms with van der Waals surface area (Å²) in [6, 6.07) is 12.1. The van der Waals surface area contributed by atoms with Crippen LogP contribution < -0.4 is 10.6 Å². The van der Waals surface area contributed by atoms with Gasteiger partial charge in [-0.05, 0) is 30.0 Å². The first kappa shape index (κ1) is 23.1. The van der Waals surface area contributed by atoms with Gasteiger partial charge >= 0.3 is 5.69 Å². The quantitative estimate of drug-likeness (QED) is 0.355. The Morgan fingerprint density at radius 1 is 1.00 bits per heavy atom. The third-order valence-electron chi connectivity index (χ3n) is 7.11. The zero-order valence-electron chi connectivity index (χ0n) is 21.6. The highest BCUT2D eigenvalue weighted by Gasteiger charge is 2.20. The maximum Gasteiger partial charge on any atom is 0.330 e. The van der Waals surface area contributed by atoms with Crippen LogP contribution in [0.3, 0.4) is 0 Å². The van der Waals surface area contributed by atoms with Crippen molar-refractivity contribution in [3.63, 3.8) is 0 Å². The van der Waals surface area contributed by atoms with Gasteiger partial charge in [0.25, 0.3) is 0 Å². The van der Waals surface area contributed by atoms with Gasteiger partial charge in [0.2, 0.25) is 0 Å². The van der Waals surface area contributed by atoms with Gasteiger partial charge in [0, 0.05) is 50.7 Å². The Bertz CT molecular complexity index is 1650. The molecule has 5 heterocycles. The Labute approximate surface area is 215 Å². The summed E-state index contributed by atoms with van der Waals surface area (Å²) in [5.74, 6) is 2.77. The molecular formula is C28H30N8O. The smallest absolute Gasteiger partial charge is 0.330 e. The first-order valence-corrected chi connectivity index (χ1v) is 12.7. The molecule has 1 saturated heterocycles. The van der Waals surface area contributed by atoms with Crippen LogP contribution in [0.4, 0.5) is 5.82 Å². The number of aryl methyl sites for hydroxylation is 2. The minimum atomic E-state index is -0.121. The number of anilines is 1. The summed E-state index contributed by atoms with van der Waals surface area (Å²) in [6.07, 6.45) is 6.83. The van der Waals surface area contributed by atoms with E-state index in [4.69, 9.17) is 9.97 Å². The summed E-state index contributed by atoms with van der Waals surface area (Å²) >= 11 is 0. The van der Waals surface area contributed by atoms with Gasteiger partial charge in [-0.25, -0.2) is 19.7 Å². The van der Waals surface area contributed by atoms with Crippen molar-refractivity contribution in [3.8, 4) is 22.8 Å². The van der Waals surface area contributed by atoms with Gasteiger partial charge in [-0.1, -0.05) is 38.1 Å². The number of rotatable bonds is 6. The molecule has 0 aliphatic carbocycles. The van der Waals surface area contributed by atoms with Crippen LogP contribution in [0.15, 0.2) is 59.8 Å². The highest BCUT2D eigenvalue weighted by Crippen LogP contribution is 2.27. The second-order valence-corrected chi connectivity index (χ2v) is 9.99. The van der Waals surface area contributed by atoms with E-state index in [1.807, 2.05) is 19.2 Å². The number of nitrogens with zero attached hydrogens (tertiary/aromatic N) is 8. The Balaban J connectivity index is 1.34. The third-order valence-corrected chi connectivity index (χ3v) is 7.11. The SMILES string of the molecule is CC(C)c1ncccc1-c1ncc2c(n1)n(Cc1ccc(-c3nc(N4CCC4)cn3C)cc1)c(=O)n2C. The van der Waals surface area contributed by atoms with Crippen LogP contribution in [-0.4, -0.2) is 46.7 Å². The molecule has 0 unspecified atom stereocenters. The van der Waals surface area contributed by atoms with Crippen molar-refractivity contribution < 1.29 is 0 Å². The van der Waals surface area contributed by atoms with Gasteiger partial charge in [0.05, 0.1) is 18.4 Å². The predicted octanol–water partition coefficient (Wildman–Crippen LogP) is 3.97. The van der Waals surface area contributed by atoms with Gasteiger partial charge in [-0.2, -0.15) is 0 Å². The van der Waals surface area contributed by atoms with E-state index >= 15 is 0 Å². The van der Waals surface area contributed by atoms with E-state index in [1.54, 1.807) is 28.6 Å². The molecule has 9 heteroatoms. The van der Waals surface area contributed by atoms with Crippen LogP contribution >= 0.6 is 0 Å². The molecule has 0 N–H and O–H groups in total. The molecule has 1 aliphatic rings. The fraction of sp³-hybridized carbons (Fsp3) is 0.321. The molecule has 0 radical (unpaired) electrons. The molecule has 4 aromatic heterocycles. The molecule has 1 fully saturated rings. The third kappa shape index (κ3) is 4.00. The summed E-state index contributed by atoms with van der Waals surface area (Å²) < 4.78 is 5.38. The lowest BCUT2D eigenvalue weighted by Gasteiger charge is -2.30. The normalized spacial score (nSPS) is 13.5. The molecule has 1 aliphatic heterocycles. The maximum atomic E-state index is 13.2. The Hall–Kier alpha value is -4.27. The molecule has 6 rings (SSSR count). The largest absolute Gasteiger partial charge is 0.355 e. The predicted molar refractivity (Wildman–Crippen MR) is 145 cm³/mol. The number of benzene rings is 1. The van der Waals surface area contributed by atoms with Crippen molar-refractivity contribution in [1.29, 1.82) is 0 Å². The van der Waals surface area contributed by atoms with E-state index in [1.165, 1.54) is 6.42 Å². The summed E-state index contributed by atoms with van der Waals surface area (Å²) in [6.45, 7) is 6.75. The molecule has 0 saturated carbocycles. The van der Waals surface area contributed by atoms with Crippen LogP contribution in [0.5, 0.6) is 0 Å². The van der Waals surface area contributed by atoms with E-state index in [0.29, 0.717) is 23.5 Å². The van der Waals surface area contributed by atoms with E-state index in [-0.39, 0.29) is 11.6 Å². The second kappa shape index (κ2) is 8.99. The monoisotopic (exact) mass is 494 g/mol. The van der Waals surface area contributed by atoms with Crippen LogP contribution in [0.2, 0.25) is 0 Å². The Morgan fingerprint density at radius 3 is 2.49 bits per heavy atom. The van der Waals surface area contributed by atoms with Gasteiger partial charge in [-0.15, -0.1) is 0 Å². The first-order valence-electron chi connectivity index (χ1n) is 12.7. The van der Waals surface area contributed by atoms with Gasteiger partial charge in [-0.3, -0.25) is 14.1 Å². The van der Waals surface area contributed by atoms with Crippen molar-refractivity contribution in [1.82, 2.24) is 33.6 Å². The Morgan fingerprint density at radius 2 is 1.78 bits per heavy atom. The first-order chi connectivity index (χ1) is 17.9. The van der Waals surface area contributed by atoms with Gasteiger partial charge in [0.15, 0.2) is 11.5 Å². The lowest BCUT2D eigenvalue weighted by atomic mass is 10.0. The van der Waals surface area contributed by atoms with Crippen LogP contribution in [0, 0.1) is 0 Å². The summed E-state index contributed by atoms with van der Waals surface area (Å²) in [5, 5.41) is 0. The number of fused-ring (bicyclic) bond motifs is 1. The van der Waals surface area contributed by atoms with E-state index in [9.17, 15) is 4.79 Å². The molecule has 188 valence electrons. The second-order valence-electron chi connectivity index (χ2n) is 9.99. The fourth-order valence-electron chi connectivity index (χ4n) is 4.87. The molecule has 0 bridgehead atoms. The summed E-state index contributed by atoms with van der Waals surface area (Å²) in [5.41, 5.74) is 5.08. The average molecular weight is 495 g/mol. The minimum Gasteiger partial charge on any atom is -0.355 e. The zero-order chi connectivity index (χ0) is 25.7. The summed E-state index contributed by atoms with van der Waals surface area (Å²) in [7, 11) is 3.78. The highest BCUT2D eigenvalue weighted by atomic mass is 16.1. The average Bonchev–Trinajstić information content (AvgIpc) is 3.35. The van der Waals surface area contributed by atoms with Crippen LogP contribution in [-0.2, 0) is 20.6 Å². The molecule has 0 spiro atoms. The summed E-state index contributed by atoms with van der Waals surface area (Å²) in [4.78, 5) is 34.3. The number of hydrogen-bond donors (Lipinski definition) is 0.